The van der Waals surface area contributed by atoms with E-state index in [0.717, 1.165) is 50.2 Å². The third-order valence-electron chi connectivity index (χ3n) is 10.7. The fourth-order valence-electron chi connectivity index (χ4n) is 7.93. The summed E-state index contributed by atoms with van der Waals surface area (Å²) in [7, 11) is 0. The molecule has 5 heteroatoms. The van der Waals surface area contributed by atoms with Crippen molar-refractivity contribution >= 4 is 53.2 Å². The van der Waals surface area contributed by atoms with E-state index >= 15 is 0 Å². The van der Waals surface area contributed by atoms with Crippen molar-refractivity contribution in [3.63, 3.8) is 0 Å². The zero-order valence-corrected chi connectivity index (χ0v) is 31.5. The van der Waals surface area contributed by atoms with Crippen LogP contribution in [0.15, 0.2) is 194 Å². The Hall–Kier alpha value is -7.34. The van der Waals surface area contributed by atoms with Crippen LogP contribution in [0.4, 0.5) is 0 Å². The number of aromatic nitrogens is 4. The molecule has 0 unspecified atom stereocenters. The van der Waals surface area contributed by atoms with Gasteiger partial charge >= 0.3 is 0 Å². The molecule has 3 aromatic heterocycles. The van der Waals surface area contributed by atoms with E-state index in [4.69, 9.17) is 19.9 Å². The summed E-state index contributed by atoms with van der Waals surface area (Å²) in [5.41, 5.74) is 10.5. The van der Waals surface area contributed by atoms with Gasteiger partial charge in [-0.1, -0.05) is 170 Å². The van der Waals surface area contributed by atoms with Gasteiger partial charge in [0.2, 0.25) is 0 Å². The molecule has 0 amide bonds. The maximum Gasteiger partial charge on any atom is 0.164 e. The molecule has 0 atom stereocenters. The first-order valence-electron chi connectivity index (χ1n) is 19.0. The van der Waals surface area contributed by atoms with Crippen molar-refractivity contribution in [1.82, 2.24) is 19.9 Å². The van der Waals surface area contributed by atoms with Crippen molar-refractivity contribution < 1.29 is 0 Å². The SMILES string of the molecule is c1ccc(-c2ccc(-c3nc(-c4ccccc4)nc(-c4cccc(-c5ccc6c(c5)sc5ccc7c(-c8ccccc8)nc8ccccc8c7c56)c4)n3)cc2)cc1. The fourth-order valence-corrected chi connectivity index (χ4v) is 9.09. The van der Waals surface area contributed by atoms with E-state index in [0.29, 0.717) is 17.5 Å². The van der Waals surface area contributed by atoms with Gasteiger partial charge in [-0.05, 0) is 46.5 Å². The lowest BCUT2D eigenvalue weighted by Crippen LogP contribution is -2.00. The summed E-state index contributed by atoms with van der Waals surface area (Å²) in [5, 5.41) is 6.14. The van der Waals surface area contributed by atoms with Crippen molar-refractivity contribution in [3.05, 3.63) is 194 Å². The van der Waals surface area contributed by atoms with Gasteiger partial charge in [0, 0.05) is 58.6 Å². The molecule has 0 fully saturated rings. The lowest BCUT2D eigenvalue weighted by Gasteiger charge is -2.12. The molecule has 0 saturated carbocycles. The van der Waals surface area contributed by atoms with E-state index < -0.39 is 0 Å². The van der Waals surface area contributed by atoms with Gasteiger partial charge in [0.1, 0.15) is 0 Å². The van der Waals surface area contributed by atoms with Gasteiger partial charge < -0.3 is 0 Å². The van der Waals surface area contributed by atoms with Crippen molar-refractivity contribution in [2.75, 3.05) is 0 Å². The number of fused-ring (bicyclic) bond motifs is 7. The van der Waals surface area contributed by atoms with Crippen molar-refractivity contribution in [2.45, 2.75) is 0 Å². The number of para-hydroxylation sites is 1. The first-order chi connectivity index (χ1) is 28.2. The van der Waals surface area contributed by atoms with Gasteiger partial charge in [-0.15, -0.1) is 11.3 Å². The van der Waals surface area contributed by atoms with Crippen molar-refractivity contribution in [3.8, 4) is 67.7 Å². The standard InChI is InChI=1S/C52H32N4S/c1-4-13-33(14-5-1)34-23-25-37(26-24-34)51-54-50(36-17-8-3-9-18-36)55-52(56-51)40-20-12-19-38(31-40)39-27-28-42-46(32-39)57-45-30-29-43-47(48(42)45)41-21-10-11-22-44(41)53-49(43)35-15-6-2-7-16-35/h1-32H. The average Bonchev–Trinajstić information content (AvgIpc) is 3.68. The molecule has 4 nitrogen and oxygen atoms in total. The predicted molar refractivity (Wildman–Crippen MR) is 238 cm³/mol. The van der Waals surface area contributed by atoms with E-state index in [1.165, 1.54) is 41.9 Å². The number of rotatable bonds is 6. The van der Waals surface area contributed by atoms with Crippen LogP contribution < -0.4 is 0 Å². The Morgan fingerprint density at radius 1 is 0.281 bits per heavy atom. The maximum atomic E-state index is 5.18. The zero-order valence-electron chi connectivity index (χ0n) is 30.7. The summed E-state index contributed by atoms with van der Waals surface area (Å²) in [6.07, 6.45) is 0. The van der Waals surface area contributed by atoms with Crippen LogP contribution in [0.2, 0.25) is 0 Å². The molecule has 0 bridgehead atoms. The molecule has 0 saturated heterocycles. The molecule has 8 aromatic carbocycles. The predicted octanol–water partition coefficient (Wildman–Crippen LogP) is 13.9. The van der Waals surface area contributed by atoms with Crippen molar-refractivity contribution in [2.24, 2.45) is 0 Å². The Morgan fingerprint density at radius 2 is 0.789 bits per heavy atom. The normalized spacial score (nSPS) is 11.5. The molecule has 0 aliphatic carbocycles. The molecule has 0 aliphatic heterocycles. The van der Waals surface area contributed by atoms with Crippen LogP contribution in [0.1, 0.15) is 0 Å². The maximum absolute atomic E-state index is 5.18. The third-order valence-corrected chi connectivity index (χ3v) is 11.8. The van der Waals surface area contributed by atoms with E-state index in [1.807, 2.05) is 47.7 Å². The smallest absolute Gasteiger partial charge is 0.164 e. The molecule has 0 spiro atoms. The highest BCUT2D eigenvalue weighted by atomic mass is 32.1. The van der Waals surface area contributed by atoms with Gasteiger partial charge in [-0.2, -0.15) is 0 Å². The zero-order chi connectivity index (χ0) is 37.7. The molecule has 0 aliphatic rings. The number of hydrogen-bond acceptors (Lipinski definition) is 5. The first kappa shape index (κ1) is 33.0. The molecule has 0 N–H and O–H groups in total. The Morgan fingerprint density at radius 3 is 1.53 bits per heavy atom. The second-order valence-corrected chi connectivity index (χ2v) is 15.3. The Kier molecular flexibility index (Phi) is 7.97. The van der Waals surface area contributed by atoms with Gasteiger partial charge in [0.25, 0.3) is 0 Å². The third kappa shape index (κ3) is 5.93. The van der Waals surface area contributed by atoms with Gasteiger partial charge in [0.15, 0.2) is 17.5 Å². The van der Waals surface area contributed by atoms with Gasteiger partial charge in [-0.25, -0.2) is 19.9 Å². The minimum Gasteiger partial charge on any atom is -0.247 e. The molecule has 11 rings (SSSR count). The number of benzene rings is 8. The molecular formula is C52H32N4S. The number of hydrogen-bond donors (Lipinski definition) is 0. The van der Waals surface area contributed by atoms with E-state index in [2.05, 4.69) is 158 Å². The summed E-state index contributed by atoms with van der Waals surface area (Å²) in [6.45, 7) is 0. The Bertz CT molecular complexity index is 3270. The minimum atomic E-state index is 0.636. The highest BCUT2D eigenvalue weighted by Gasteiger charge is 2.18. The topological polar surface area (TPSA) is 51.6 Å². The van der Waals surface area contributed by atoms with E-state index in [9.17, 15) is 0 Å². The van der Waals surface area contributed by atoms with Crippen LogP contribution in [0, 0.1) is 0 Å². The van der Waals surface area contributed by atoms with E-state index in [-0.39, 0.29) is 0 Å². The van der Waals surface area contributed by atoms with Crippen LogP contribution in [0.25, 0.3) is 110 Å². The average molecular weight is 745 g/mol. The summed E-state index contributed by atoms with van der Waals surface area (Å²) < 4.78 is 2.51. The lowest BCUT2D eigenvalue weighted by atomic mass is 9.95. The number of pyridine rings is 1. The van der Waals surface area contributed by atoms with Crippen LogP contribution in [-0.2, 0) is 0 Å². The summed E-state index contributed by atoms with van der Waals surface area (Å²) in [5.74, 6) is 1.92. The quantitative estimate of drug-likeness (QED) is 0.159. The van der Waals surface area contributed by atoms with E-state index in [1.54, 1.807) is 0 Å². The molecule has 266 valence electrons. The summed E-state index contributed by atoms with van der Waals surface area (Å²) in [6, 6.07) is 68.0. The molecular weight excluding hydrogens is 713 g/mol. The largest absolute Gasteiger partial charge is 0.247 e. The molecule has 57 heavy (non-hydrogen) atoms. The second kappa shape index (κ2) is 13.7. The summed E-state index contributed by atoms with van der Waals surface area (Å²) >= 11 is 1.84. The monoisotopic (exact) mass is 744 g/mol. The van der Waals surface area contributed by atoms with Crippen LogP contribution in [-0.4, -0.2) is 19.9 Å². The van der Waals surface area contributed by atoms with Crippen LogP contribution in [0.5, 0.6) is 0 Å². The minimum absolute atomic E-state index is 0.636. The molecule has 0 radical (unpaired) electrons. The second-order valence-electron chi connectivity index (χ2n) is 14.2. The number of nitrogens with zero attached hydrogens (tertiary/aromatic N) is 4. The highest BCUT2D eigenvalue weighted by molar-refractivity contribution is 7.26. The van der Waals surface area contributed by atoms with Crippen molar-refractivity contribution in [1.29, 1.82) is 0 Å². The van der Waals surface area contributed by atoms with Gasteiger partial charge in [0.05, 0.1) is 11.2 Å². The lowest BCUT2D eigenvalue weighted by molar-refractivity contribution is 1.07. The Labute approximate surface area is 333 Å². The van der Waals surface area contributed by atoms with Gasteiger partial charge in [-0.3, -0.25) is 0 Å². The molecule has 11 aromatic rings. The van der Waals surface area contributed by atoms with Crippen LogP contribution in [0.3, 0.4) is 0 Å². The Balaban J connectivity index is 1.02. The fraction of sp³-hybridized carbons (Fsp3) is 0. The molecule has 3 heterocycles. The first-order valence-corrected chi connectivity index (χ1v) is 19.9. The highest BCUT2D eigenvalue weighted by Crippen LogP contribution is 2.44. The number of thiophene rings is 1. The van der Waals surface area contributed by atoms with Crippen LogP contribution >= 0.6 is 11.3 Å². The summed E-state index contributed by atoms with van der Waals surface area (Å²) in [4.78, 5) is 20.3.